The molecule has 1 aromatic carbocycles. The van der Waals surface area contributed by atoms with Crippen molar-refractivity contribution < 1.29 is 21.6 Å². The van der Waals surface area contributed by atoms with E-state index < -0.39 is 34.5 Å². The van der Waals surface area contributed by atoms with E-state index in [2.05, 4.69) is 19.8 Å². The Morgan fingerprint density at radius 1 is 1.14 bits per heavy atom. The molecule has 15 heteroatoms. The van der Waals surface area contributed by atoms with Crippen molar-refractivity contribution >= 4 is 44.4 Å². The minimum Gasteiger partial charge on any atom is -0.326 e. The van der Waals surface area contributed by atoms with Gasteiger partial charge < -0.3 is 4.90 Å². The van der Waals surface area contributed by atoms with Crippen LogP contribution in [0.4, 0.5) is 13.2 Å². The van der Waals surface area contributed by atoms with E-state index in [1.807, 2.05) is 4.90 Å². The molecule has 2 aliphatic rings. The van der Waals surface area contributed by atoms with Crippen molar-refractivity contribution in [2.45, 2.75) is 31.5 Å². The van der Waals surface area contributed by atoms with Crippen molar-refractivity contribution in [3.8, 4) is 0 Å². The number of nitrogens with zero attached hydrogens (tertiary/aromatic N) is 6. The number of aliphatic imine (C=N–C) groups is 1. The third kappa shape index (κ3) is 5.84. The number of aromatic nitrogens is 4. The molecule has 0 bridgehead atoms. The number of thiazole rings is 1. The van der Waals surface area contributed by atoms with Crippen LogP contribution in [0.15, 0.2) is 77.1 Å². The summed E-state index contributed by atoms with van der Waals surface area (Å²) in [6.45, 7) is -2.65. The number of amidine groups is 1. The Balaban J connectivity index is 1.41. The molecule has 0 spiro atoms. The molecule has 0 unspecified atom stereocenters. The second-order valence-electron chi connectivity index (χ2n) is 9.70. The first-order valence-electron chi connectivity index (χ1n) is 12.9. The monoisotopic (exact) mass is 633 g/mol. The zero-order chi connectivity index (χ0) is 29.4. The molecule has 0 amide bonds. The maximum absolute atomic E-state index is 14.0. The highest BCUT2D eigenvalue weighted by Gasteiger charge is 2.42. The van der Waals surface area contributed by atoms with Gasteiger partial charge in [-0.05, 0) is 30.3 Å². The lowest BCUT2D eigenvalue weighted by atomic mass is 9.92. The first-order valence-corrected chi connectivity index (χ1v) is 15.8. The number of halogens is 4. The number of aryl methyl sites for hydroxylation is 1. The summed E-state index contributed by atoms with van der Waals surface area (Å²) in [5.74, 6) is -0.230. The summed E-state index contributed by atoms with van der Waals surface area (Å²) in [5, 5.41) is 6.57. The van der Waals surface area contributed by atoms with Crippen molar-refractivity contribution in [2.24, 2.45) is 4.99 Å². The number of rotatable bonds is 9. The molecule has 0 aliphatic carbocycles. The minimum absolute atomic E-state index is 0.104. The molecule has 2 atom stereocenters. The molecule has 0 saturated carbocycles. The quantitative estimate of drug-likeness (QED) is 0.276. The second-order valence-corrected chi connectivity index (χ2v) is 12.9. The van der Waals surface area contributed by atoms with Gasteiger partial charge >= 0.3 is 6.55 Å². The number of hydrogen-bond acceptors (Lipinski definition) is 8. The maximum atomic E-state index is 14.0. The zero-order valence-corrected chi connectivity index (χ0v) is 24.1. The highest BCUT2D eigenvalue weighted by atomic mass is 35.5. The average Bonchev–Trinajstić information content (AvgIpc) is 3.73. The number of benzene rings is 1. The molecule has 1 N–H and O–H groups in total. The average molecular weight is 634 g/mol. The molecule has 1 fully saturated rings. The third-order valence-electron chi connectivity index (χ3n) is 6.92. The fourth-order valence-corrected chi connectivity index (χ4v) is 7.30. The third-order valence-corrected chi connectivity index (χ3v) is 9.45. The molecule has 0 radical (unpaired) electrons. The van der Waals surface area contributed by atoms with Crippen LogP contribution in [0.2, 0.25) is 5.02 Å². The number of hydrogen-bond donors (Lipinski definition) is 1. The highest BCUT2D eigenvalue weighted by molar-refractivity contribution is 7.89. The van der Waals surface area contributed by atoms with Gasteiger partial charge in [-0.25, -0.2) is 27.2 Å². The number of sulfonamides is 1. The Bertz CT molecular complexity index is 1760. The largest absolute Gasteiger partial charge is 0.333 e. The minimum atomic E-state index is -3.72. The molecule has 2 aliphatic heterocycles. The zero-order valence-electron chi connectivity index (χ0n) is 21.7. The van der Waals surface area contributed by atoms with Gasteiger partial charge in [0.15, 0.2) is 10.8 Å². The van der Waals surface area contributed by atoms with E-state index >= 15 is 0 Å². The number of nitrogens with one attached hydrogen (secondary N) is 1. The first-order chi connectivity index (χ1) is 20.2. The molecule has 6 rings (SSSR count). The van der Waals surface area contributed by atoms with Crippen LogP contribution in [-0.2, 0) is 16.4 Å². The normalized spacial score (nSPS) is 19.0. The van der Waals surface area contributed by atoms with Crippen LogP contribution in [0.3, 0.4) is 0 Å². The Hall–Kier alpha value is -3.59. The molecule has 9 nitrogen and oxygen atoms in total. The van der Waals surface area contributed by atoms with Gasteiger partial charge in [-0.1, -0.05) is 23.7 Å². The maximum Gasteiger partial charge on any atom is 0.333 e. The van der Waals surface area contributed by atoms with Gasteiger partial charge in [0.05, 0.1) is 11.4 Å². The van der Waals surface area contributed by atoms with Crippen LogP contribution in [0, 0.1) is 5.82 Å². The Kier molecular flexibility index (Phi) is 7.87. The van der Waals surface area contributed by atoms with Crippen LogP contribution in [0.5, 0.6) is 0 Å². The van der Waals surface area contributed by atoms with Gasteiger partial charge in [0.1, 0.15) is 11.9 Å². The standard InChI is InChI=1S/C27H23ClF3N7O2S2/c28-20-13-16(29)4-5-19(20)24-23(21-6-10-38(35-21)27(30)31)22-14-18(15-37(22)25(34-24)26-33-9-11-41-26)36-42(39,40)12-7-17-3-1-2-8-32-17/h1-6,8-11,13,18,24,27,36H,7,12,14-15H2/t18-,24-/m0/s1. The smallest absolute Gasteiger partial charge is 0.326 e. The lowest BCUT2D eigenvalue weighted by Crippen LogP contribution is -2.40. The van der Waals surface area contributed by atoms with Crippen molar-refractivity contribution in [3.05, 3.63) is 105 Å². The van der Waals surface area contributed by atoms with E-state index in [1.165, 1.54) is 29.5 Å². The van der Waals surface area contributed by atoms with Gasteiger partial charge in [0.2, 0.25) is 10.0 Å². The van der Waals surface area contributed by atoms with Gasteiger partial charge in [0, 0.05) is 76.9 Å². The fourth-order valence-electron chi connectivity index (χ4n) is 5.13. The number of fused-ring (bicyclic) bond motifs is 1. The Morgan fingerprint density at radius 3 is 2.69 bits per heavy atom. The fraction of sp³-hybridized carbons (Fsp3) is 0.259. The molecule has 3 aromatic heterocycles. The topological polar surface area (TPSA) is 105 Å². The molecule has 4 aromatic rings. The summed E-state index contributed by atoms with van der Waals surface area (Å²) in [6.07, 6.45) is 4.85. The van der Waals surface area contributed by atoms with E-state index in [0.29, 0.717) is 38.1 Å². The van der Waals surface area contributed by atoms with E-state index in [4.69, 9.17) is 16.6 Å². The first kappa shape index (κ1) is 28.5. The van der Waals surface area contributed by atoms with E-state index in [9.17, 15) is 21.6 Å². The van der Waals surface area contributed by atoms with E-state index in [-0.39, 0.29) is 35.9 Å². The number of alkyl halides is 2. The van der Waals surface area contributed by atoms with Crippen LogP contribution in [0.1, 0.15) is 41.0 Å². The number of pyridine rings is 1. The van der Waals surface area contributed by atoms with Crippen molar-refractivity contribution in [2.75, 3.05) is 12.3 Å². The predicted molar refractivity (Wildman–Crippen MR) is 153 cm³/mol. The van der Waals surface area contributed by atoms with Crippen LogP contribution >= 0.6 is 22.9 Å². The van der Waals surface area contributed by atoms with Gasteiger partial charge in [-0.3, -0.25) is 9.98 Å². The van der Waals surface area contributed by atoms with Crippen molar-refractivity contribution in [1.82, 2.24) is 29.4 Å². The van der Waals surface area contributed by atoms with E-state index in [0.717, 1.165) is 12.3 Å². The summed E-state index contributed by atoms with van der Waals surface area (Å²) in [7, 11) is -3.72. The SMILES string of the molecule is O=S(=O)(CCc1ccccn1)N[C@H]1CC2=C(c3ccn(C(F)F)n3)[C@H](c3ccc(F)cc3Cl)N=C(c3nccs3)N2C1. The summed E-state index contributed by atoms with van der Waals surface area (Å²) >= 11 is 7.83. The molecular formula is C27H23ClF3N7O2S2. The highest BCUT2D eigenvalue weighted by Crippen LogP contribution is 2.46. The molecule has 5 heterocycles. The van der Waals surface area contributed by atoms with Crippen LogP contribution in [-0.4, -0.2) is 57.2 Å². The summed E-state index contributed by atoms with van der Waals surface area (Å²) in [5.41, 5.74) is 2.43. The van der Waals surface area contributed by atoms with Gasteiger partial charge in [-0.15, -0.1) is 11.3 Å². The van der Waals surface area contributed by atoms with Crippen molar-refractivity contribution in [3.63, 3.8) is 0 Å². The lowest BCUT2D eigenvalue weighted by Gasteiger charge is -2.32. The predicted octanol–water partition coefficient (Wildman–Crippen LogP) is 5.07. The Morgan fingerprint density at radius 2 is 2.00 bits per heavy atom. The molecule has 42 heavy (non-hydrogen) atoms. The summed E-state index contributed by atoms with van der Waals surface area (Å²) < 4.78 is 70.6. The van der Waals surface area contributed by atoms with Crippen molar-refractivity contribution in [1.29, 1.82) is 0 Å². The molecule has 218 valence electrons. The van der Waals surface area contributed by atoms with Crippen LogP contribution < -0.4 is 4.72 Å². The lowest BCUT2D eigenvalue weighted by molar-refractivity contribution is 0.0564. The van der Waals surface area contributed by atoms with Gasteiger partial charge in [0.25, 0.3) is 0 Å². The second kappa shape index (κ2) is 11.6. The Labute approximate surface area is 248 Å². The van der Waals surface area contributed by atoms with Gasteiger partial charge in [-0.2, -0.15) is 13.9 Å². The molecule has 1 saturated heterocycles. The van der Waals surface area contributed by atoms with E-state index in [1.54, 1.807) is 36.0 Å². The van der Waals surface area contributed by atoms with Crippen LogP contribution in [0.25, 0.3) is 5.57 Å². The molecular weight excluding hydrogens is 611 g/mol. The summed E-state index contributed by atoms with van der Waals surface area (Å²) in [6, 6.07) is 9.27. The summed E-state index contributed by atoms with van der Waals surface area (Å²) in [4.78, 5) is 15.4.